The van der Waals surface area contributed by atoms with Gasteiger partial charge in [-0.05, 0) is 49.9 Å². The van der Waals surface area contributed by atoms with Gasteiger partial charge in [0.2, 0.25) is 0 Å². The summed E-state index contributed by atoms with van der Waals surface area (Å²) in [5.41, 5.74) is 8.39. The summed E-state index contributed by atoms with van der Waals surface area (Å²) in [5, 5.41) is 0.866. The maximum absolute atomic E-state index is 6.14. The standard InChI is InChI=1S/C14H21ClN2.ClH/c1-10-3-4-12(7-14(10)15)8-17-6-5-13(9-17)11(2)16;/h3-4,7,11,13H,5-6,8-9,16H2,1-2H3;1H. The molecule has 0 radical (unpaired) electrons. The van der Waals surface area contributed by atoms with Gasteiger partial charge in [-0.1, -0.05) is 23.7 Å². The summed E-state index contributed by atoms with van der Waals surface area (Å²) in [5.74, 6) is 0.649. The minimum Gasteiger partial charge on any atom is -0.328 e. The van der Waals surface area contributed by atoms with Gasteiger partial charge in [-0.15, -0.1) is 12.4 Å². The number of nitrogens with zero attached hydrogens (tertiary/aromatic N) is 1. The molecule has 0 saturated carbocycles. The highest BCUT2D eigenvalue weighted by molar-refractivity contribution is 6.31. The van der Waals surface area contributed by atoms with Gasteiger partial charge in [0.15, 0.2) is 0 Å². The van der Waals surface area contributed by atoms with Crippen LogP contribution in [0.1, 0.15) is 24.5 Å². The molecule has 1 aromatic rings. The van der Waals surface area contributed by atoms with Crippen molar-refractivity contribution in [2.24, 2.45) is 11.7 Å². The van der Waals surface area contributed by atoms with E-state index in [0.717, 1.165) is 30.2 Å². The van der Waals surface area contributed by atoms with E-state index in [4.69, 9.17) is 17.3 Å². The van der Waals surface area contributed by atoms with Crippen LogP contribution in [-0.2, 0) is 6.54 Å². The fourth-order valence-electron chi connectivity index (χ4n) is 2.43. The molecule has 18 heavy (non-hydrogen) atoms. The molecule has 2 rings (SSSR count). The van der Waals surface area contributed by atoms with Gasteiger partial charge in [0.05, 0.1) is 0 Å². The van der Waals surface area contributed by atoms with Crippen molar-refractivity contribution in [3.63, 3.8) is 0 Å². The highest BCUT2D eigenvalue weighted by atomic mass is 35.5. The minimum absolute atomic E-state index is 0. The lowest BCUT2D eigenvalue weighted by Crippen LogP contribution is -2.29. The molecule has 2 nitrogen and oxygen atoms in total. The molecule has 1 heterocycles. The average molecular weight is 289 g/mol. The summed E-state index contributed by atoms with van der Waals surface area (Å²) >= 11 is 6.14. The van der Waals surface area contributed by atoms with E-state index in [2.05, 4.69) is 30.0 Å². The first-order chi connectivity index (χ1) is 8.06. The third-order valence-electron chi connectivity index (χ3n) is 3.69. The van der Waals surface area contributed by atoms with Gasteiger partial charge in [-0.3, -0.25) is 4.90 Å². The second-order valence-corrected chi connectivity index (χ2v) is 5.63. The number of rotatable bonds is 3. The van der Waals surface area contributed by atoms with Gasteiger partial charge in [-0.2, -0.15) is 0 Å². The molecule has 1 aliphatic rings. The molecule has 2 N–H and O–H groups in total. The monoisotopic (exact) mass is 288 g/mol. The fraction of sp³-hybridized carbons (Fsp3) is 0.571. The SMILES string of the molecule is Cc1ccc(CN2CCC(C(C)N)C2)cc1Cl.Cl. The third kappa shape index (κ3) is 3.86. The lowest BCUT2D eigenvalue weighted by molar-refractivity contribution is 0.308. The predicted octanol–water partition coefficient (Wildman–Crippen LogP) is 3.24. The van der Waals surface area contributed by atoms with Crippen LogP contribution in [0.4, 0.5) is 0 Å². The highest BCUT2D eigenvalue weighted by Crippen LogP contribution is 2.22. The molecule has 0 amide bonds. The van der Waals surface area contributed by atoms with Crippen LogP contribution in [0.25, 0.3) is 0 Å². The van der Waals surface area contributed by atoms with Crippen LogP contribution in [0.2, 0.25) is 5.02 Å². The van der Waals surface area contributed by atoms with Crippen LogP contribution in [-0.4, -0.2) is 24.0 Å². The van der Waals surface area contributed by atoms with E-state index in [1.54, 1.807) is 0 Å². The van der Waals surface area contributed by atoms with Crippen LogP contribution >= 0.6 is 24.0 Å². The van der Waals surface area contributed by atoms with Gasteiger partial charge < -0.3 is 5.73 Å². The van der Waals surface area contributed by atoms with Gasteiger partial charge >= 0.3 is 0 Å². The largest absolute Gasteiger partial charge is 0.328 e. The zero-order valence-electron chi connectivity index (χ0n) is 11.0. The van der Waals surface area contributed by atoms with Crippen molar-refractivity contribution in [3.05, 3.63) is 34.3 Å². The Morgan fingerprint density at radius 3 is 2.78 bits per heavy atom. The molecule has 2 unspecified atom stereocenters. The second kappa shape index (κ2) is 6.76. The summed E-state index contributed by atoms with van der Waals surface area (Å²) in [6.45, 7) is 7.40. The zero-order chi connectivity index (χ0) is 12.4. The second-order valence-electron chi connectivity index (χ2n) is 5.23. The number of aryl methyl sites for hydroxylation is 1. The van der Waals surface area contributed by atoms with Crippen LogP contribution < -0.4 is 5.73 Å². The van der Waals surface area contributed by atoms with Crippen molar-refractivity contribution in [2.45, 2.75) is 32.9 Å². The average Bonchev–Trinajstić information content (AvgIpc) is 2.72. The Balaban J connectivity index is 0.00000162. The Bertz CT molecular complexity index is 393. The van der Waals surface area contributed by atoms with Crippen molar-refractivity contribution in [3.8, 4) is 0 Å². The van der Waals surface area contributed by atoms with Crippen molar-refractivity contribution in [2.75, 3.05) is 13.1 Å². The van der Waals surface area contributed by atoms with Gasteiger partial charge in [0.25, 0.3) is 0 Å². The summed E-state index contributed by atoms with van der Waals surface area (Å²) in [4.78, 5) is 2.47. The van der Waals surface area contributed by atoms with Crippen molar-refractivity contribution in [1.82, 2.24) is 4.90 Å². The summed E-state index contributed by atoms with van der Waals surface area (Å²) in [6.07, 6.45) is 1.22. The van der Waals surface area contributed by atoms with Crippen LogP contribution in [0, 0.1) is 12.8 Å². The molecule has 1 saturated heterocycles. The number of halogens is 2. The van der Waals surface area contributed by atoms with Gasteiger partial charge in [0.1, 0.15) is 0 Å². The predicted molar refractivity (Wildman–Crippen MR) is 80.5 cm³/mol. The van der Waals surface area contributed by atoms with E-state index >= 15 is 0 Å². The zero-order valence-corrected chi connectivity index (χ0v) is 12.6. The molecule has 0 bridgehead atoms. The quantitative estimate of drug-likeness (QED) is 0.925. The maximum atomic E-state index is 6.14. The Morgan fingerprint density at radius 1 is 1.50 bits per heavy atom. The molecule has 102 valence electrons. The summed E-state index contributed by atoms with van der Waals surface area (Å²) in [6, 6.07) is 6.65. The Kier molecular flexibility index (Phi) is 5.93. The number of hydrogen-bond acceptors (Lipinski definition) is 2. The lowest BCUT2D eigenvalue weighted by atomic mass is 10.0. The first-order valence-electron chi connectivity index (χ1n) is 6.29. The molecule has 1 aromatic carbocycles. The van der Waals surface area contributed by atoms with Gasteiger partial charge in [-0.25, -0.2) is 0 Å². The summed E-state index contributed by atoms with van der Waals surface area (Å²) < 4.78 is 0. The summed E-state index contributed by atoms with van der Waals surface area (Å²) in [7, 11) is 0. The van der Waals surface area contributed by atoms with Crippen molar-refractivity contribution >= 4 is 24.0 Å². The Morgan fingerprint density at radius 2 is 2.22 bits per heavy atom. The molecular weight excluding hydrogens is 267 g/mol. The lowest BCUT2D eigenvalue weighted by Gasteiger charge is -2.18. The molecule has 1 fully saturated rings. The number of nitrogens with two attached hydrogens (primary N) is 1. The van der Waals surface area contributed by atoms with Crippen LogP contribution in [0.3, 0.4) is 0 Å². The minimum atomic E-state index is 0. The molecule has 2 atom stereocenters. The molecular formula is C14H22Cl2N2. The van der Waals surface area contributed by atoms with E-state index in [0.29, 0.717) is 12.0 Å². The van der Waals surface area contributed by atoms with Gasteiger partial charge in [0, 0.05) is 24.2 Å². The van der Waals surface area contributed by atoms with E-state index in [1.165, 1.54) is 12.0 Å². The Hall–Kier alpha value is -0.280. The van der Waals surface area contributed by atoms with E-state index in [9.17, 15) is 0 Å². The maximum Gasteiger partial charge on any atom is 0.0438 e. The van der Waals surface area contributed by atoms with E-state index in [1.807, 2.05) is 6.92 Å². The first-order valence-corrected chi connectivity index (χ1v) is 6.67. The van der Waals surface area contributed by atoms with E-state index in [-0.39, 0.29) is 12.4 Å². The molecule has 4 heteroatoms. The van der Waals surface area contributed by atoms with Crippen molar-refractivity contribution in [1.29, 1.82) is 0 Å². The third-order valence-corrected chi connectivity index (χ3v) is 4.10. The van der Waals surface area contributed by atoms with Crippen LogP contribution in [0.15, 0.2) is 18.2 Å². The smallest absolute Gasteiger partial charge is 0.0438 e. The molecule has 0 aromatic heterocycles. The molecule has 0 aliphatic carbocycles. The van der Waals surface area contributed by atoms with Crippen molar-refractivity contribution < 1.29 is 0 Å². The first kappa shape index (κ1) is 15.8. The fourth-order valence-corrected chi connectivity index (χ4v) is 2.63. The molecule has 0 spiro atoms. The highest BCUT2D eigenvalue weighted by Gasteiger charge is 2.24. The normalized spacial score (nSPS) is 21.7. The van der Waals surface area contributed by atoms with E-state index < -0.39 is 0 Å². The van der Waals surface area contributed by atoms with Crippen LogP contribution in [0.5, 0.6) is 0 Å². The number of hydrogen-bond donors (Lipinski definition) is 1. The topological polar surface area (TPSA) is 29.3 Å². The Labute approximate surface area is 121 Å². The number of likely N-dealkylation sites (tertiary alicyclic amines) is 1. The number of benzene rings is 1. The molecule has 1 aliphatic heterocycles.